The van der Waals surface area contributed by atoms with Crippen LogP contribution >= 0.6 is 11.8 Å². The molecule has 4 rings (SSSR count). The highest BCUT2D eigenvalue weighted by Gasteiger charge is 2.12. The molecule has 0 fully saturated rings. The Morgan fingerprint density at radius 1 is 1.16 bits per heavy atom. The first-order valence-electron chi connectivity index (χ1n) is 9.07. The summed E-state index contributed by atoms with van der Waals surface area (Å²) in [7, 11) is 1.60. The molecule has 0 saturated heterocycles. The zero-order chi connectivity index (χ0) is 21.8. The number of amides is 1. The van der Waals surface area contributed by atoms with E-state index in [0.717, 1.165) is 11.3 Å². The van der Waals surface area contributed by atoms with Gasteiger partial charge in [0, 0.05) is 23.4 Å². The molecule has 0 atom stereocenters. The lowest BCUT2D eigenvalue weighted by molar-refractivity contribution is -0.384. The molecule has 0 saturated carbocycles. The minimum atomic E-state index is -0.511. The molecule has 2 aromatic heterocycles. The summed E-state index contributed by atoms with van der Waals surface area (Å²) in [5, 5.41) is 27.0. The van der Waals surface area contributed by atoms with E-state index in [2.05, 4.69) is 20.6 Å². The number of anilines is 1. The van der Waals surface area contributed by atoms with Gasteiger partial charge in [-0.15, -0.1) is 10.2 Å². The number of fused-ring (bicyclic) bond motifs is 1. The molecule has 2 heterocycles. The number of carbonyl (C=O) groups is 1. The number of hydrogen-bond donors (Lipinski definition) is 1. The molecule has 11 heteroatoms. The molecule has 0 spiro atoms. The summed E-state index contributed by atoms with van der Waals surface area (Å²) in [4.78, 5) is 22.6. The van der Waals surface area contributed by atoms with Gasteiger partial charge in [-0.3, -0.25) is 14.9 Å². The minimum Gasteiger partial charge on any atom is -0.497 e. The van der Waals surface area contributed by atoms with Gasteiger partial charge in [-0.25, -0.2) is 0 Å². The van der Waals surface area contributed by atoms with E-state index in [1.807, 2.05) is 24.3 Å². The second-order valence-electron chi connectivity index (χ2n) is 6.34. The number of non-ortho nitro benzene ring substituents is 1. The standard InChI is InChI=1S/C20H16N6O4S/c1-30-16-7-5-13(6-8-16)20-23-22-17-9-10-19(24-25(17)20)31-12-18(27)21-14-3-2-4-15(11-14)26(28)29/h2-11H,12H2,1H3,(H,21,27). The quantitative estimate of drug-likeness (QED) is 0.265. The lowest BCUT2D eigenvalue weighted by Gasteiger charge is -2.06. The Bertz CT molecular complexity index is 1260. The molecular weight excluding hydrogens is 420 g/mol. The van der Waals surface area contributed by atoms with E-state index in [9.17, 15) is 14.9 Å². The van der Waals surface area contributed by atoms with Crippen LogP contribution in [0.4, 0.5) is 11.4 Å². The Hall–Kier alpha value is -3.99. The third kappa shape index (κ3) is 4.61. The van der Waals surface area contributed by atoms with Gasteiger partial charge < -0.3 is 10.1 Å². The molecule has 1 amide bonds. The van der Waals surface area contributed by atoms with Crippen molar-refractivity contribution in [3.63, 3.8) is 0 Å². The maximum Gasteiger partial charge on any atom is 0.271 e. The Morgan fingerprint density at radius 2 is 1.97 bits per heavy atom. The van der Waals surface area contributed by atoms with Crippen LogP contribution in [-0.2, 0) is 4.79 Å². The van der Waals surface area contributed by atoms with Crippen molar-refractivity contribution in [1.82, 2.24) is 19.8 Å². The Kier molecular flexibility index (Phi) is 5.76. The first kappa shape index (κ1) is 20.3. The van der Waals surface area contributed by atoms with Crippen LogP contribution < -0.4 is 10.1 Å². The second-order valence-corrected chi connectivity index (χ2v) is 7.33. The van der Waals surface area contributed by atoms with E-state index in [-0.39, 0.29) is 17.3 Å². The highest BCUT2D eigenvalue weighted by molar-refractivity contribution is 7.99. The van der Waals surface area contributed by atoms with Crippen LogP contribution in [0.5, 0.6) is 5.75 Å². The highest BCUT2D eigenvalue weighted by atomic mass is 32.2. The largest absolute Gasteiger partial charge is 0.497 e. The van der Waals surface area contributed by atoms with Gasteiger partial charge >= 0.3 is 0 Å². The van der Waals surface area contributed by atoms with Gasteiger partial charge in [0.25, 0.3) is 5.69 Å². The van der Waals surface area contributed by atoms with E-state index in [0.29, 0.717) is 22.2 Å². The van der Waals surface area contributed by atoms with Crippen LogP contribution in [0.2, 0.25) is 0 Å². The van der Waals surface area contributed by atoms with Crippen LogP contribution in [0.25, 0.3) is 17.0 Å². The zero-order valence-electron chi connectivity index (χ0n) is 16.3. The van der Waals surface area contributed by atoms with Crippen LogP contribution in [0.15, 0.2) is 65.7 Å². The lowest BCUT2D eigenvalue weighted by Crippen LogP contribution is -2.14. The fourth-order valence-electron chi connectivity index (χ4n) is 2.80. The van der Waals surface area contributed by atoms with Crippen LogP contribution in [0.3, 0.4) is 0 Å². The number of benzene rings is 2. The third-order valence-electron chi connectivity index (χ3n) is 4.28. The maximum absolute atomic E-state index is 12.3. The van der Waals surface area contributed by atoms with Crippen molar-refractivity contribution in [3.05, 3.63) is 70.8 Å². The van der Waals surface area contributed by atoms with Gasteiger partial charge in [0.05, 0.1) is 17.8 Å². The summed E-state index contributed by atoms with van der Waals surface area (Å²) >= 11 is 1.23. The summed E-state index contributed by atoms with van der Waals surface area (Å²) in [6, 6.07) is 16.7. The molecule has 0 aliphatic heterocycles. The fraction of sp³-hybridized carbons (Fsp3) is 0.100. The second kappa shape index (κ2) is 8.79. The number of nitrogens with zero attached hydrogens (tertiary/aromatic N) is 5. The normalized spacial score (nSPS) is 10.7. The van der Waals surface area contributed by atoms with Crippen molar-refractivity contribution in [3.8, 4) is 17.1 Å². The molecule has 4 aromatic rings. The molecule has 0 aliphatic rings. The smallest absolute Gasteiger partial charge is 0.271 e. The molecule has 0 unspecified atom stereocenters. The molecule has 1 N–H and O–H groups in total. The van der Waals surface area contributed by atoms with Crippen LogP contribution in [0, 0.1) is 10.1 Å². The number of nitro groups is 1. The predicted octanol–water partition coefficient (Wildman–Crippen LogP) is 3.44. The Morgan fingerprint density at radius 3 is 2.71 bits per heavy atom. The first-order chi connectivity index (χ1) is 15.0. The van der Waals surface area contributed by atoms with E-state index in [1.54, 1.807) is 29.8 Å². The SMILES string of the molecule is COc1ccc(-c2nnc3ccc(SCC(=O)Nc4cccc([N+](=O)[O-])c4)nn23)cc1. The van der Waals surface area contributed by atoms with Crippen molar-refractivity contribution in [2.45, 2.75) is 5.03 Å². The molecule has 0 aliphatic carbocycles. The van der Waals surface area contributed by atoms with Crippen molar-refractivity contribution in [1.29, 1.82) is 0 Å². The number of nitro benzene ring substituents is 1. The summed E-state index contributed by atoms with van der Waals surface area (Å²) < 4.78 is 6.79. The van der Waals surface area contributed by atoms with Crippen molar-refractivity contribution in [2.24, 2.45) is 0 Å². The summed E-state index contributed by atoms with van der Waals surface area (Å²) in [6.07, 6.45) is 0. The summed E-state index contributed by atoms with van der Waals surface area (Å²) in [5.41, 5.74) is 1.68. The van der Waals surface area contributed by atoms with Gasteiger partial charge in [0.2, 0.25) is 5.91 Å². The number of nitrogens with one attached hydrogen (secondary N) is 1. The predicted molar refractivity (Wildman–Crippen MR) is 115 cm³/mol. The molecule has 156 valence electrons. The molecule has 0 bridgehead atoms. The lowest BCUT2D eigenvalue weighted by atomic mass is 10.2. The number of hydrogen-bond acceptors (Lipinski definition) is 8. The average Bonchev–Trinajstić information content (AvgIpc) is 3.21. The number of aromatic nitrogens is 4. The Balaban J connectivity index is 1.47. The van der Waals surface area contributed by atoms with Crippen molar-refractivity contribution >= 4 is 34.7 Å². The molecule has 0 radical (unpaired) electrons. The number of rotatable bonds is 7. The number of carbonyl (C=O) groups excluding carboxylic acids is 1. The highest BCUT2D eigenvalue weighted by Crippen LogP contribution is 2.23. The van der Waals surface area contributed by atoms with Gasteiger partial charge in [-0.2, -0.15) is 9.61 Å². The Labute approximate surface area is 180 Å². The average molecular weight is 436 g/mol. The van der Waals surface area contributed by atoms with Gasteiger partial charge in [0.15, 0.2) is 11.5 Å². The van der Waals surface area contributed by atoms with Gasteiger partial charge in [-0.05, 0) is 42.5 Å². The maximum atomic E-state index is 12.3. The molecule has 31 heavy (non-hydrogen) atoms. The van der Waals surface area contributed by atoms with Gasteiger partial charge in [-0.1, -0.05) is 17.8 Å². The summed E-state index contributed by atoms with van der Waals surface area (Å²) in [6.45, 7) is 0. The van der Waals surface area contributed by atoms with Crippen molar-refractivity contribution in [2.75, 3.05) is 18.2 Å². The van der Waals surface area contributed by atoms with Crippen LogP contribution in [0.1, 0.15) is 0 Å². The first-order valence-corrected chi connectivity index (χ1v) is 10.1. The number of thioether (sulfide) groups is 1. The fourth-order valence-corrected chi connectivity index (χ4v) is 3.46. The third-order valence-corrected chi connectivity index (χ3v) is 5.20. The zero-order valence-corrected chi connectivity index (χ0v) is 17.1. The molecular formula is C20H16N6O4S. The van der Waals surface area contributed by atoms with E-state index in [4.69, 9.17) is 4.74 Å². The number of ether oxygens (including phenoxy) is 1. The van der Waals surface area contributed by atoms with E-state index >= 15 is 0 Å². The van der Waals surface area contributed by atoms with E-state index in [1.165, 1.54) is 30.0 Å². The van der Waals surface area contributed by atoms with Crippen molar-refractivity contribution < 1.29 is 14.5 Å². The topological polar surface area (TPSA) is 125 Å². The number of methoxy groups -OCH3 is 1. The molecule has 2 aromatic carbocycles. The monoisotopic (exact) mass is 436 g/mol. The van der Waals surface area contributed by atoms with E-state index < -0.39 is 4.92 Å². The molecule has 10 nitrogen and oxygen atoms in total. The van der Waals surface area contributed by atoms with Gasteiger partial charge in [0.1, 0.15) is 10.8 Å². The minimum absolute atomic E-state index is 0.0845. The summed E-state index contributed by atoms with van der Waals surface area (Å²) in [5.74, 6) is 1.09. The van der Waals surface area contributed by atoms with Crippen LogP contribution in [-0.4, -0.2) is 43.5 Å².